The van der Waals surface area contributed by atoms with E-state index in [1.54, 1.807) is 0 Å². The van der Waals surface area contributed by atoms with Gasteiger partial charge in [0.25, 0.3) is 0 Å². The third-order valence-electron chi connectivity index (χ3n) is 5.19. The molecule has 0 unspecified atom stereocenters. The van der Waals surface area contributed by atoms with Crippen molar-refractivity contribution in [2.75, 3.05) is 6.54 Å². The lowest BCUT2D eigenvalue weighted by Crippen LogP contribution is -3.00. The first-order chi connectivity index (χ1) is 12.9. The maximum Gasteiger partial charge on any atom is 0.143 e. The maximum atomic E-state index is 2.28. The third-order valence-corrected chi connectivity index (χ3v) is 5.19. The second-order valence-corrected chi connectivity index (χ2v) is 6.95. The van der Waals surface area contributed by atoms with Crippen molar-refractivity contribution in [3.63, 3.8) is 0 Å². The Bertz CT molecular complexity index is 659. The molecular weight excluding hydrogens is 394 g/mol. The van der Waals surface area contributed by atoms with Gasteiger partial charge in [0.05, 0.1) is 6.54 Å². The quantitative estimate of drug-likeness (QED) is 0.347. The molecule has 0 heterocycles. The molecule has 142 valence electrons. The number of unbranched alkanes of at least 4 members (excludes halogenated alkanes) is 4. The van der Waals surface area contributed by atoms with E-state index in [0.29, 0.717) is 0 Å². The molecule has 0 aliphatic carbocycles. The van der Waals surface area contributed by atoms with Gasteiger partial charge in [0.2, 0.25) is 0 Å². The monoisotopic (exact) mass is 423 g/mol. The molecule has 0 aromatic heterocycles. The second kappa shape index (κ2) is 11.1. The van der Waals surface area contributed by atoms with Crippen LogP contribution in [0.2, 0.25) is 0 Å². The summed E-state index contributed by atoms with van der Waals surface area (Å²) in [6, 6.07) is 32.9. The highest BCUT2D eigenvalue weighted by molar-refractivity contribution is 5.70. The molecule has 0 aliphatic rings. The minimum Gasteiger partial charge on any atom is -1.00 e. The number of para-hydroxylation sites is 3. The molecule has 2 heteroatoms. The normalized spacial score (nSPS) is 11.0. The Kier molecular flexibility index (Phi) is 8.77. The van der Waals surface area contributed by atoms with Crippen LogP contribution in [-0.2, 0) is 0 Å². The Morgan fingerprint density at radius 1 is 0.519 bits per heavy atom. The molecule has 1 nitrogen and oxygen atoms in total. The molecule has 0 fully saturated rings. The van der Waals surface area contributed by atoms with Crippen LogP contribution in [0.3, 0.4) is 0 Å². The Hall–Kier alpha value is -1.90. The topological polar surface area (TPSA) is 0 Å². The van der Waals surface area contributed by atoms with Crippen molar-refractivity contribution in [3.8, 4) is 0 Å². The van der Waals surface area contributed by atoms with Gasteiger partial charge in [-0.25, -0.2) is 4.48 Å². The van der Waals surface area contributed by atoms with Gasteiger partial charge in [0.15, 0.2) is 0 Å². The highest BCUT2D eigenvalue weighted by atomic mass is 79.9. The fourth-order valence-electron chi connectivity index (χ4n) is 3.83. The van der Waals surface area contributed by atoms with Gasteiger partial charge in [0, 0.05) is 0 Å². The summed E-state index contributed by atoms with van der Waals surface area (Å²) in [5, 5.41) is 0. The average molecular weight is 424 g/mol. The second-order valence-electron chi connectivity index (χ2n) is 6.95. The number of rotatable bonds is 9. The predicted molar refractivity (Wildman–Crippen MR) is 114 cm³/mol. The minimum absolute atomic E-state index is 0. The van der Waals surface area contributed by atoms with Crippen LogP contribution in [0.25, 0.3) is 0 Å². The summed E-state index contributed by atoms with van der Waals surface area (Å²) in [6.45, 7) is 3.36. The molecule has 0 amide bonds. The Morgan fingerprint density at radius 3 is 1.26 bits per heavy atom. The van der Waals surface area contributed by atoms with Gasteiger partial charge in [0.1, 0.15) is 17.1 Å². The lowest BCUT2D eigenvalue weighted by atomic mass is 10.1. The standard InChI is InChI=1S/C25H30N.BrH/c1-2-3-4-5-15-22-26(23-16-9-6-10-17-23,24-18-11-7-12-19-24)25-20-13-8-14-21-25;/h6-14,16-21H,2-5,15,22H2,1H3;1H/q+1;/p-1. The summed E-state index contributed by atoms with van der Waals surface area (Å²) >= 11 is 0. The zero-order chi connectivity index (χ0) is 18.1. The number of benzene rings is 3. The van der Waals surface area contributed by atoms with Crippen LogP contribution in [-0.4, -0.2) is 6.54 Å². The molecule has 0 N–H and O–H groups in total. The van der Waals surface area contributed by atoms with Crippen LogP contribution < -0.4 is 21.5 Å². The van der Waals surface area contributed by atoms with Crippen LogP contribution in [0.5, 0.6) is 0 Å². The average Bonchev–Trinajstić information content (AvgIpc) is 2.73. The summed E-state index contributed by atoms with van der Waals surface area (Å²) < 4.78 is 0.786. The molecule has 0 saturated heterocycles. The van der Waals surface area contributed by atoms with E-state index >= 15 is 0 Å². The molecular formula is C25H30BrN. The summed E-state index contributed by atoms with van der Waals surface area (Å²) in [7, 11) is 0. The van der Waals surface area contributed by atoms with Crippen molar-refractivity contribution >= 4 is 17.1 Å². The molecule has 0 radical (unpaired) electrons. The summed E-state index contributed by atoms with van der Waals surface area (Å²) in [5.74, 6) is 0. The summed E-state index contributed by atoms with van der Waals surface area (Å²) in [6.07, 6.45) is 6.46. The van der Waals surface area contributed by atoms with Crippen LogP contribution in [0, 0.1) is 0 Å². The summed E-state index contributed by atoms with van der Waals surface area (Å²) in [4.78, 5) is 0. The van der Waals surface area contributed by atoms with Gasteiger partial charge < -0.3 is 17.0 Å². The van der Waals surface area contributed by atoms with Crippen LogP contribution in [0.15, 0.2) is 91.0 Å². The first kappa shape index (κ1) is 21.4. The van der Waals surface area contributed by atoms with Crippen molar-refractivity contribution in [1.29, 1.82) is 0 Å². The molecule has 0 bridgehead atoms. The zero-order valence-corrected chi connectivity index (χ0v) is 17.8. The van der Waals surface area contributed by atoms with Gasteiger partial charge in [-0.3, -0.25) is 0 Å². The first-order valence-electron chi connectivity index (χ1n) is 9.93. The molecule has 3 rings (SSSR count). The van der Waals surface area contributed by atoms with E-state index in [2.05, 4.69) is 97.9 Å². The number of hydrogen-bond acceptors (Lipinski definition) is 0. The van der Waals surface area contributed by atoms with Gasteiger partial charge in [-0.2, -0.15) is 0 Å². The molecule has 3 aromatic carbocycles. The smallest absolute Gasteiger partial charge is 0.143 e. The Morgan fingerprint density at radius 2 is 0.889 bits per heavy atom. The number of hydrogen-bond donors (Lipinski definition) is 0. The highest BCUT2D eigenvalue weighted by Gasteiger charge is 2.35. The van der Waals surface area contributed by atoms with Crippen molar-refractivity contribution in [1.82, 2.24) is 4.48 Å². The number of quaternary nitrogens is 1. The van der Waals surface area contributed by atoms with E-state index in [1.807, 2.05) is 0 Å². The van der Waals surface area contributed by atoms with E-state index in [1.165, 1.54) is 49.2 Å². The van der Waals surface area contributed by atoms with Gasteiger partial charge >= 0.3 is 0 Å². The Labute approximate surface area is 175 Å². The molecule has 3 aromatic rings. The molecule has 0 aliphatic heterocycles. The van der Waals surface area contributed by atoms with E-state index < -0.39 is 0 Å². The third kappa shape index (κ3) is 5.09. The predicted octanol–water partition coefficient (Wildman–Crippen LogP) is 4.63. The fourth-order valence-corrected chi connectivity index (χ4v) is 3.83. The van der Waals surface area contributed by atoms with Crippen LogP contribution >= 0.6 is 0 Å². The van der Waals surface area contributed by atoms with Crippen molar-refractivity contribution in [2.24, 2.45) is 0 Å². The fraction of sp³-hybridized carbons (Fsp3) is 0.280. The largest absolute Gasteiger partial charge is 1.00 e. The van der Waals surface area contributed by atoms with Crippen molar-refractivity contribution in [2.45, 2.75) is 39.0 Å². The number of halogens is 1. The Balaban J connectivity index is 0.00000261. The van der Waals surface area contributed by atoms with E-state index in [-0.39, 0.29) is 17.0 Å². The van der Waals surface area contributed by atoms with E-state index in [0.717, 1.165) is 11.0 Å². The van der Waals surface area contributed by atoms with Gasteiger partial charge in [-0.1, -0.05) is 80.8 Å². The SMILES string of the molecule is CCCCCCC[N+](c1ccccc1)(c1ccccc1)c1ccccc1.[Br-]. The van der Waals surface area contributed by atoms with Crippen molar-refractivity contribution < 1.29 is 17.0 Å². The van der Waals surface area contributed by atoms with E-state index in [4.69, 9.17) is 0 Å². The van der Waals surface area contributed by atoms with Crippen LogP contribution in [0.1, 0.15) is 39.0 Å². The molecule has 0 saturated carbocycles. The summed E-state index contributed by atoms with van der Waals surface area (Å²) in [5.41, 5.74) is 4.00. The first-order valence-corrected chi connectivity index (χ1v) is 9.93. The molecule has 0 atom stereocenters. The molecule has 27 heavy (non-hydrogen) atoms. The highest BCUT2D eigenvalue weighted by Crippen LogP contribution is 2.43. The van der Waals surface area contributed by atoms with Crippen molar-refractivity contribution in [3.05, 3.63) is 91.0 Å². The number of nitrogens with zero attached hydrogens (tertiary/aromatic N) is 1. The molecule has 0 spiro atoms. The lowest BCUT2D eigenvalue weighted by molar-refractivity contribution is -0.00000525. The van der Waals surface area contributed by atoms with Crippen LogP contribution in [0.4, 0.5) is 17.1 Å². The van der Waals surface area contributed by atoms with E-state index in [9.17, 15) is 0 Å². The maximum absolute atomic E-state index is 2.28. The lowest BCUT2D eigenvalue weighted by Gasteiger charge is -2.37. The minimum atomic E-state index is 0. The van der Waals surface area contributed by atoms with Gasteiger partial charge in [-0.15, -0.1) is 0 Å². The van der Waals surface area contributed by atoms with Gasteiger partial charge in [-0.05, 0) is 49.2 Å². The zero-order valence-electron chi connectivity index (χ0n) is 16.2.